The molecule has 2 fully saturated rings. The second-order valence-corrected chi connectivity index (χ2v) is 11.8. The average Bonchev–Trinajstić information content (AvgIpc) is 3.00. The molecule has 3 aromatic rings. The van der Waals surface area contributed by atoms with Gasteiger partial charge in [-0.2, -0.15) is 8.78 Å². The Labute approximate surface area is 252 Å². The van der Waals surface area contributed by atoms with E-state index in [2.05, 4.69) is 11.7 Å². The lowest BCUT2D eigenvalue weighted by molar-refractivity contribution is -0.215. The standard InChI is InChI=1S/C34H35F7O3/c1-2-3-4-5-20-6-8-21(9-7-20)24-18-42-33(43-19-24)22-10-13-27(29(36)14-22)34(40,41)44-25-11-12-26(28(35)17-25)23-15-30(37)32(39)31(38)16-23/h10-17,20-21,24,33H,2-9,18-19H2,1H3. The second-order valence-electron chi connectivity index (χ2n) is 11.8. The molecule has 0 N–H and O–H groups in total. The molecule has 0 aromatic heterocycles. The van der Waals surface area contributed by atoms with Gasteiger partial charge in [0.15, 0.2) is 23.7 Å². The van der Waals surface area contributed by atoms with Gasteiger partial charge < -0.3 is 14.2 Å². The number of alkyl halides is 2. The van der Waals surface area contributed by atoms with Gasteiger partial charge in [0.1, 0.15) is 17.4 Å². The Morgan fingerprint density at radius 3 is 2.05 bits per heavy atom. The molecule has 0 atom stereocenters. The number of hydrogen-bond acceptors (Lipinski definition) is 3. The molecule has 1 aliphatic heterocycles. The molecule has 1 heterocycles. The summed E-state index contributed by atoms with van der Waals surface area (Å²) in [5, 5.41) is 0. The van der Waals surface area contributed by atoms with Crippen molar-refractivity contribution < 1.29 is 44.9 Å². The topological polar surface area (TPSA) is 27.7 Å². The van der Waals surface area contributed by atoms with Gasteiger partial charge in [0, 0.05) is 23.1 Å². The van der Waals surface area contributed by atoms with Crippen molar-refractivity contribution in [1.29, 1.82) is 0 Å². The smallest absolute Gasteiger partial charge is 0.429 e. The third-order valence-electron chi connectivity index (χ3n) is 8.76. The highest BCUT2D eigenvalue weighted by Crippen LogP contribution is 2.40. The summed E-state index contributed by atoms with van der Waals surface area (Å²) >= 11 is 0. The molecule has 0 amide bonds. The maximum atomic E-state index is 15.0. The highest BCUT2D eigenvalue weighted by Gasteiger charge is 2.39. The van der Waals surface area contributed by atoms with E-state index < -0.39 is 52.8 Å². The first-order valence-electron chi connectivity index (χ1n) is 15.1. The van der Waals surface area contributed by atoms with Gasteiger partial charge in [0.05, 0.1) is 18.8 Å². The fourth-order valence-electron chi connectivity index (χ4n) is 6.24. The lowest BCUT2D eigenvalue weighted by Gasteiger charge is -2.38. The van der Waals surface area contributed by atoms with Crippen LogP contribution in [0.15, 0.2) is 48.5 Å². The Kier molecular flexibility index (Phi) is 10.2. The van der Waals surface area contributed by atoms with Crippen molar-refractivity contribution in [3.63, 3.8) is 0 Å². The van der Waals surface area contributed by atoms with Crippen LogP contribution in [0.25, 0.3) is 11.1 Å². The van der Waals surface area contributed by atoms with E-state index in [1.165, 1.54) is 44.6 Å². The Bertz CT molecular complexity index is 1410. The summed E-state index contributed by atoms with van der Waals surface area (Å²) in [4.78, 5) is 0. The molecule has 3 aromatic carbocycles. The molecule has 238 valence electrons. The molecule has 10 heteroatoms. The summed E-state index contributed by atoms with van der Waals surface area (Å²) in [7, 11) is 0. The summed E-state index contributed by atoms with van der Waals surface area (Å²) in [5.41, 5.74) is -1.56. The maximum absolute atomic E-state index is 15.0. The molecule has 44 heavy (non-hydrogen) atoms. The van der Waals surface area contributed by atoms with Gasteiger partial charge in [-0.25, -0.2) is 22.0 Å². The fraction of sp³-hybridized carbons (Fsp3) is 0.471. The van der Waals surface area contributed by atoms with Gasteiger partial charge in [0.25, 0.3) is 0 Å². The normalized spacial score (nSPS) is 22.6. The number of rotatable bonds is 10. The predicted octanol–water partition coefficient (Wildman–Crippen LogP) is 10.2. The van der Waals surface area contributed by atoms with E-state index in [1.807, 2.05) is 0 Å². The minimum Gasteiger partial charge on any atom is -0.429 e. The van der Waals surface area contributed by atoms with Gasteiger partial charge >= 0.3 is 6.11 Å². The molecule has 0 bridgehead atoms. The largest absolute Gasteiger partial charge is 0.429 e. The van der Waals surface area contributed by atoms with Crippen LogP contribution in [0.2, 0.25) is 0 Å². The molecular weight excluding hydrogens is 589 g/mol. The lowest BCUT2D eigenvalue weighted by atomic mass is 9.74. The van der Waals surface area contributed by atoms with E-state index in [0.717, 1.165) is 43.0 Å². The molecule has 0 radical (unpaired) electrons. The van der Waals surface area contributed by atoms with Crippen molar-refractivity contribution in [3.05, 3.63) is 88.7 Å². The number of ether oxygens (including phenoxy) is 3. The second kappa shape index (κ2) is 13.9. The molecule has 1 saturated heterocycles. The zero-order chi connectivity index (χ0) is 31.4. The van der Waals surface area contributed by atoms with Gasteiger partial charge in [-0.15, -0.1) is 0 Å². The van der Waals surface area contributed by atoms with Crippen molar-refractivity contribution in [2.45, 2.75) is 70.7 Å². The number of halogens is 7. The zero-order valence-corrected chi connectivity index (χ0v) is 24.4. The van der Waals surface area contributed by atoms with E-state index in [0.29, 0.717) is 37.3 Å². The Morgan fingerprint density at radius 2 is 1.43 bits per heavy atom. The van der Waals surface area contributed by atoms with E-state index in [1.54, 1.807) is 0 Å². The van der Waals surface area contributed by atoms with Crippen molar-refractivity contribution >= 4 is 0 Å². The summed E-state index contributed by atoms with van der Waals surface area (Å²) in [6.45, 7) is 3.09. The highest BCUT2D eigenvalue weighted by molar-refractivity contribution is 5.65. The third kappa shape index (κ3) is 7.40. The summed E-state index contributed by atoms with van der Waals surface area (Å²) in [5.74, 6) is -6.36. The first-order chi connectivity index (χ1) is 21.1. The Hall–Kier alpha value is -3.11. The monoisotopic (exact) mass is 624 g/mol. The van der Waals surface area contributed by atoms with Crippen molar-refractivity contribution in [3.8, 4) is 16.9 Å². The summed E-state index contributed by atoms with van der Waals surface area (Å²) in [6, 6.07) is 6.61. The van der Waals surface area contributed by atoms with Crippen LogP contribution < -0.4 is 4.74 Å². The predicted molar refractivity (Wildman–Crippen MR) is 150 cm³/mol. The van der Waals surface area contributed by atoms with Crippen molar-refractivity contribution in [2.75, 3.05) is 13.2 Å². The van der Waals surface area contributed by atoms with Crippen LogP contribution in [0.4, 0.5) is 30.7 Å². The van der Waals surface area contributed by atoms with Crippen LogP contribution in [0, 0.1) is 46.8 Å². The van der Waals surface area contributed by atoms with E-state index >= 15 is 0 Å². The highest BCUT2D eigenvalue weighted by atomic mass is 19.3. The van der Waals surface area contributed by atoms with Crippen molar-refractivity contribution in [2.24, 2.45) is 17.8 Å². The molecule has 0 unspecified atom stereocenters. The molecule has 2 aliphatic rings. The molecular formula is C34H35F7O3. The number of hydrogen-bond donors (Lipinski definition) is 0. The molecule has 5 rings (SSSR count). The summed E-state index contributed by atoms with van der Waals surface area (Å²) in [6.07, 6.45) is 4.68. The first-order valence-corrected chi connectivity index (χ1v) is 15.1. The lowest BCUT2D eigenvalue weighted by Crippen LogP contribution is -2.34. The quantitative estimate of drug-likeness (QED) is 0.128. The zero-order valence-electron chi connectivity index (χ0n) is 24.4. The van der Waals surface area contributed by atoms with Gasteiger partial charge in [-0.05, 0) is 66.6 Å². The first kappa shape index (κ1) is 32.3. The summed E-state index contributed by atoms with van der Waals surface area (Å²) < 4.78 is 116. The van der Waals surface area contributed by atoms with Crippen LogP contribution in [-0.2, 0) is 15.6 Å². The van der Waals surface area contributed by atoms with Crippen LogP contribution >= 0.6 is 0 Å². The van der Waals surface area contributed by atoms with Crippen molar-refractivity contribution in [1.82, 2.24) is 0 Å². The number of benzene rings is 3. The van der Waals surface area contributed by atoms with Gasteiger partial charge in [-0.3, -0.25) is 0 Å². The van der Waals surface area contributed by atoms with Crippen LogP contribution in [-0.4, -0.2) is 13.2 Å². The van der Waals surface area contributed by atoms with E-state index in [-0.39, 0.29) is 22.6 Å². The SMILES string of the molecule is CCCCCC1CCC(C2COC(c3ccc(C(F)(F)Oc4ccc(-c5cc(F)c(F)c(F)c5)c(F)c4)c(F)c3)OC2)CC1. The van der Waals surface area contributed by atoms with Crippen LogP contribution in [0.3, 0.4) is 0 Å². The van der Waals surface area contributed by atoms with E-state index in [4.69, 9.17) is 9.47 Å². The maximum Gasteiger partial charge on any atom is 0.429 e. The third-order valence-corrected chi connectivity index (χ3v) is 8.76. The van der Waals surface area contributed by atoms with E-state index in [9.17, 15) is 30.7 Å². The Balaban J connectivity index is 1.18. The minimum absolute atomic E-state index is 0.234. The fourth-order valence-corrected chi connectivity index (χ4v) is 6.24. The minimum atomic E-state index is -4.20. The van der Waals surface area contributed by atoms with Gasteiger partial charge in [0.2, 0.25) is 0 Å². The molecule has 0 spiro atoms. The molecule has 1 saturated carbocycles. The van der Waals surface area contributed by atoms with Crippen LogP contribution in [0.5, 0.6) is 5.75 Å². The number of unbranched alkanes of at least 4 members (excludes halogenated alkanes) is 2. The molecule has 1 aliphatic carbocycles. The van der Waals surface area contributed by atoms with Gasteiger partial charge in [-0.1, -0.05) is 51.5 Å². The Morgan fingerprint density at radius 1 is 0.750 bits per heavy atom. The molecule has 3 nitrogen and oxygen atoms in total. The van der Waals surface area contributed by atoms with Crippen LogP contribution in [0.1, 0.15) is 75.7 Å². The average molecular weight is 625 g/mol.